The SMILES string of the molecule is CCOc1ccc(N2C(=O)NC(=O)/C(=C/c3ccc(O[C@@H](C)C(=O)[O-])c(OCC)c3)C2=O)cc1. The fourth-order valence-electron chi connectivity index (χ4n) is 3.14. The molecule has 0 unspecified atom stereocenters. The van der Waals surface area contributed by atoms with Crippen molar-refractivity contribution in [1.82, 2.24) is 5.32 Å². The lowest BCUT2D eigenvalue weighted by atomic mass is 10.1. The fraction of sp³-hybridized carbons (Fsp3) is 0.250. The maximum Gasteiger partial charge on any atom is 0.335 e. The summed E-state index contributed by atoms with van der Waals surface area (Å²) in [6, 6.07) is 9.89. The molecule has 1 aliphatic heterocycles. The largest absolute Gasteiger partial charge is 0.546 e. The zero-order valence-electron chi connectivity index (χ0n) is 18.8. The van der Waals surface area contributed by atoms with E-state index in [-0.39, 0.29) is 29.4 Å². The van der Waals surface area contributed by atoms with Gasteiger partial charge in [-0.3, -0.25) is 14.9 Å². The van der Waals surface area contributed by atoms with Gasteiger partial charge in [-0.05, 0) is 68.8 Å². The highest BCUT2D eigenvalue weighted by Crippen LogP contribution is 2.31. The van der Waals surface area contributed by atoms with Crippen LogP contribution < -0.4 is 29.5 Å². The predicted molar refractivity (Wildman–Crippen MR) is 119 cm³/mol. The number of carbonyl (C=O) groups excluding carboxylic acids is 4. The number of nitrogens with zero attached hydrogens (tertiary/aromatic N) is 1. The summed E-state index contributed by atoms with van der Waals surface area (Å²) in [5.74, 6) is -2.10. The van der Waals surface area contributed by atoms with Gasteiger partial charge in [-0.1, -0.05) is 6.07 Å². The monoisotopic (exact) mass is 467 g/mol. The third-order valence-electron chi connectivity index (χ3n) is 4.72. The maximum atomic E-state index is 13.1. The molecule has 34 heavy (non-hydrogen) atoms. The van der Waals surface area contributed by atoms with E-state index in [4.69, 9.17) is 14.2 Å². The summed E-state index contributed by atoms with van der Waals surface area (Å²) in [7, 11) is 0. The fourth-order valence-corrected chi connectivity index (χ4v) is 3.14. The molecule has 0 aliphatic carbocycles. The third kappa shape index (κ3) is 5.34. The molecule has 1 atom stereocenters. The van der Waals surface area contributed by atoms with E-state index in [2.05, 4.69) is 5.32 Å². The standard InChI is InChI=1S/C24H24N2O8/c1-4-32-17-9-7-16(8-10-17)26-22(28)18(21(27)25-24(26)31)12-15-6-11-19(20(13-15)33-5-2)34-14(3)23(29)30/h6-14H,4-5H2,1-3H3,(H,29,30)(H,25,27,31)/p-1/b18-12-/t14-/m0/s1. The van der Waals surface area contributed by atoms with Gasteiger partial charge in [-0.2, -0.15) is 0 Å². The molecule has 3 rings (SSSR count). The number of hydrogen-bond donors (Lipinski definition) is 1. The number of ether oxygens (including phenoxy) is 3. The van der Waals surface area contributed by atoms with Crippen molar-refractivity contribution in [2.24, 2.45) is 0 Å². The minimum absolute atomic E-state index is 0.159. The van der Waals surface area contributed by atoms with Crippen molar-refractivity contribution in [1.29, 1.82) is 0 Å². The van der Waals surface area contributed by atoms with Crippen molar-refractivity contribution in [3.8, 4) is 17.2 Å². The molecule has 1 fully saturated rings. The number of benzene rings is 2. The van der Waals surface area contributed by atoms with Gasteiger partial charge in [-0.15, -0.1) is 0 Å². The zero-order chi connectivity index (χ0) is 24.8. The van der Waals surface area contributed by atoms with Crippen LogP contribution in [-0.2, 0) is 14.4 Å². The van der Waals surface area contributed by atoms with Crippen LogP contribution in [0.15, 0.2) is 48.0 Å². The van der Waals surface area contributed by atoms with E-state index in [0.29, 0.717) is 17.9 Å². The molecule has 2 aromatic rings. The molecule has 0 spiro atoms. The second-order valence-electron chi connectivity index (χ2n) is 7.10. The Morgan fingerprint density at radius 2 is 1.71 bits per heavy atom. The van der Waals surface area contributed by atoms with Gasteiger partial charge in [0.2, 0.25) is 0 Å². The van der Waals surface area contributed by atoms with Gasteiger partial charge in [0, 0.05) is 0 Å². The van der Waals surface area contributed by atoms with E-state index in [9.17, 15) is 24.3 Å². The number of rotatable bonds is 9. The van der Waals surface area contributed by atoms with Crippen LogP contribution in [0.2, 0.25) is 0 Å². The highest BCUT2D eigenvalue weighted by molar-refractivity contribution is 6.39. The summed E-state index contributed by atoms with van der Waals surface area (Å²) in [5.41, 5.74) is 0.392. The number of amides is 4. The Bertz CT molecular complexity index is 1140. The molecule has 0 aromatic heterocycles. The number of barbiturate groups is 1. The van der Waals surface area contributed by atoms with Crippen LogP contribution in [0.5, 0.6) is 17.2 Å². The maximum absolute atomic E-state index is 13.1. The van der Waals surface area contributed by atoms with Crippen molar-refractivity contribution < 1.29 is 38.5 Å². The van der Waals surface area contributed by atoms with E-state index in [0.717, 1.165) is 4.90 Å². The first-order valence-corrected chi connectivity index (χ1v) is 10.5. The summed E-state index contributed by atoms with van der Waals surface area (Å²) >= 11 is 0. The van der Waals surface area contributed by atoms with Gasteiger partial charge in [0.1, 0.15) is 17.4 Å². The molecule has 10 nitrogen and oxygen atoms in total. The Morgan fingerprint density at radius 3 is 2.32 bits per heavy atom. The number of carbonyl (C=O) groups is 4. The first-order chi connectivity index (χ1) is 16.2. The van der Waals surface area contributed by atoms with Crippen molar-refractivity contribution in [2.75, 3.05) is 18.1 Å². The average Bonchev–Trinajstić information content (AvgIpc) is 2.79. The topological polar surface area (TPSA) is 134 Å². The van der Waals surface area contributed by atoms with Crippen LogP contribution in [0.1, 0.15) is 26.3 Å². The molecule has 0 saturated carbocycles. The Balaban J connectivity index is 1.93. The first-order valence-electron chi connectivity index (χ1n) is 10.5. The molecule has 10 heteroatoms. The lowest BCUT2D eigenvalue weighted by Gasteiger charge is -2.26. The average molecular weight is 467 g/mol. The van der Waals surface area contributed by atoms with Crippen LogP contribution in [0.4, 0.5) is 10.5 Å². The first kappa shape index (κ1) is 24.3. The Kier molecular flexibility index (Phi) is 7.52. The Morgan fingerprint density at radius 1 is 1.03 bits per heavy atom. The van der Waals surface area contributed by atoms with Crippen molar-refractivity contribution in [3.05, 3.63) is 53.6 Å². The van der Waals surface area contributed by atoms with Gasteiger partial charge in [0.05, 0.1) is 24.9 Å². The molecular formula is C24H23N2O8-. The lowest BCUT2D eigenvalue weighted by molar-refractivity contribution is -0.312. The number of anilines is 1. The van der Waals surface area contributed by atoms with E-state index in [1.165, 1.54) is 43.3 Å². The predicted octanol–water partition coefficient (Wildman–Crippen LogP) is 1.67. The molecule has 1 aliphatic rings. The zero-order valence-corrected chi connectivity index (χ0v) is 18.8. The molecule has 1 heterocycles. The van der Waals surface area contributed by atoms with Crippen molar-refractivity contribution >= 4 is 35.6 Å². The number of carboxylic acid groups (broad SMARTS) is 1. The minimum atomic E-state index is -1.39. The molecule has 0 radical (unpaired) electrons. The number of imide groups is 2. The smallest absolute Gasteiger partial charge is 0.335 e. The highest BCUT2D eigenvalue weighted by Gasteiger charge is 2.36. The van der Waals surface area contributed by atoms with Crippen LogP contribution in [0.25, 0.3) is 6.08 Å². The molecule has 178 valence electrons. The molecule has 4 amide bonds. The van der Waals surface area contributed by atoms with E-state index in [1.807, 2.05) is 6.92 Å². The number of hydrogen-bond acceptors (Lipinski definition) is 8. The Labute approximate surface area is 195 Å². The Hall–Kier alpha value is -4.34. The minimum Gasteiger partial charge on any atom is -0.546 e. The second kappa shape index (κ2) is 10.5. The highest BCUT2D eigenvalue weighted by atomic mass is 16.5. The van der Waals surface area contributed by atoms with Gasteiger partial charge >= 0.3 is 6.03 Å². The van der Waals surface area contributed by atoms with Crippen molar-refractivity contribution in [2.45, 2.75) is 26.9 Å². The molecular weight excluding hydrogens is 444 g/mol. The number of aliphatic carboxylic acids is 1. The van der Waals surface area contributed by atoms with E-state index < -0.39 is 29.9 Å². The quantitative estimate of drug-likeness (QED) is 0.435. The number of carboxylic acids is 1. The van der Waals surface area contributed by atoms with Gasteiger partial charge in [-0.25, -0.2) is 9.69 Å². The lowest BCUT2D eigenvalue weighted by Crippen LogP contribution is -2.54. The molecule has 2 aromatic carbocycles. The van der Waals surface area contributed by atoms with Gasteiger partial charge in [0.25, 0.3) is 11.8 Å². The van der Waals surface area contributed by atoms with E-state index in [1.54, 1.807) is 19.1 Å². The van der Waals surface area contributed by atoms with Crippen LogP contribution in [0, 0.1) is 0 Å². The van der Waals surface area contributed by atoms with Crippen molar-refractivity contribution in [3.63, 3.8) is 0 Å². The summed E-state index contributed by atoms with van der Waals surface area (Å²) in [5, 5.41) is 13.2. The van der Waals surface area contributed by atoms with Crippen LogP contribution >= 0.6 is 0 Å². The third-order valence-corrected chi connectivity index (χ3v) is 4.72. The number of nitrogens with one attached hydrogen (secondary N) is 1. The summed E-state index contributed by atoms with van der Waals surface area (Å²) in [6.07, 6.45) is 0.0861. The normalized spacial score (nSPS) is 15.7. The number of urea groups is 1. The van der Waals surface area contributed by atoms with E-state index >= 15 is 0 Å². The summed E-state index contributed by atoms with van der Waals surface area (Å²) < 4.78 is 16.2. The summed E-state index contributed by atoms with van der Waals surface area (Å²) in [4.78, 5) is 49.8. The molecule has 1 N–H and O–H groups in total. The summed E-state index contributed by atoms with van der Waals surface area (Å²) in [6.45, 7) is 5.60. The van der Waals surface area contributed by atoms with Gasteiger partial charge < -0.3 is 24.1 Å². The van der Waals surface area contributed by atoms with Gasteiger partial charge in [0.15, 0.2) is 11.5 Å². The van der Waals surface area contributed by atoms with Crippen LogP contribution in [0.3, 0.4) is 0 Å². The molecule has 1 saturated heterocycles. The second-order valence-corrected chi connectivity index (χ2v) is 7.10. The molecule has 0 bridgehead atoms. The van der Waals surface area contributed by atoms with Crippen LogP contribution in [-0.4, -0.2) is 43.1 Å².